The Morgan fingerprint density at radius 1 is 1.33 bits per heavy atom. The molecule has 0 spiro atoms. The molecule has 18 heavy (non-hydrogen) atoms. The van der Waals surface area contributed by atoms with Crippen molar-refractivity contribution in [2.75, 3.05) is 13.2 Å². The largest absolute Gasteiger partial charge is 0.381 e. The molecule has 0 radical (unpaired) electrons. The van der Waals surface area contributed by atoms with E-state index in [0.29, 0.717) is 13.2 Å². The van der Waals surface area contributed by atoms with Crippen LogP contribution in [0.15, 0.2) is 22.9 Å². The van der Waals surface area contributed by atoms with Crippen LogP contribution in [0.3, 0.4) is 0 Å². The first kappa shape index (κ1) is 11.8. The lowest BCUT2D eigenvalue weighted by Gasteiger charge is -2.24. The Morgan fingerprint density at radius 2 is 2.17 bits per heavy atom. The van der Waals surface area contributed by atoms with Crippen LogP contribution in [-0.4, -0.2) is 18.2 Å². The van der Waals surface area contributed by atoms with Crippen molar-refractivity contribution in [1.82, 2.24) is 4.98 Å². The Labute approximate surface area is 114 Å². The molecule has 1 aliphatic rings. The highest BCUT2D eigenvalue weighted by molar-refractivity contribution is 7.14. The highest BCUT2D eigenvalue weighted by atomic mass is 32.1. The normalized spacial score (nSPS) is 18.4. The Balaban J connectivity index is 1.95. The molecule has 5 heteroatoms. The maximum absolute atomic E-state index is 7.51. The van der Waals surface area contributed by atoms with Gasteiger partial charge in [-0.3, -0.25) is 0 Å². The molecule has 0 bridgehead atoms. The van der Waals surface area contributed by atoms with Crippen molar-refractivity contribution >= 4 is 22.7 Å². The maximum atomic E-state index is 7.51. The fourth-order valence-electron chi connectivity index (χ4n) is 2.11. The summed E-state index contributed by atoms with van der Waals surface area (Å²) in [5, 5.41) is 5.06. The van der Waals surface area contributed by atoms with Gasteiger partial charge in [0.2, 0.25) is 0 Å². The standard InChI is InChI=1S/C13H12N2OS2/c1-14-13(4-6-16-7-5-13)12-15-10(9-18-12)11-3-2-8-17-11/h2-3,8-9H,4-7H2. The van der Waals surface area contributed by atoms with Crippen LogP contribution in [0.2, 0.25) is 0 Å². The van der Waals surface area contributed by atoms with Crippen LogP contribution >= 0.6 is 22.7 Å². The van der Waals surface area contributed by atoms with E-state index in [1.165, 1.54) is 4.88 Å². The first-order chi connectivity index (χ1) is 8.84. The van der Waals surface area contributed by atoms with E-state index in [1.807, 2.05) is 11.4 Å². The number of thiazole rings is 1. The average Bonchev–Trinajstić information content (AvgIpc) is 3.10. The van der Waals surface area contributed by atoms with E-state index in [1.54, 1.807) is 22.7 Å². The van der Waals surface area contributed by atoms with Crippen LogP contribution < -0.4 is 0 Å². The number of hydrogen-bond acceptors (Lipinski definition) is 4. The molecule has 1 saturated heterocycles. The van der Waals surface area contributed by atoms with Crippen LogP contribution in [0, 0.1) is 6.57 Å². The summed E-state index contributed by atoms with van der Waals surface area (Å²) in [5.41, 5.74) is 0.554. The minimum Gasteiger partial charge on any atom is -0.381 e. The summed E-state index contributed by atoms with van der Waals surface area (Å²) in [6, 6.07) is 4.09. The quantitative estimate of drug-likeness (QED) is 0.780. The summed E-state index contributed by atoms with van der Waals surface area (Å²) < 4.78 is 5.36. The summed E-state index contributed by atoms with van der Waals surface area (Å²) in [5.74, 6) is 0. The topological polar surface area (TPSA) is 26.5 Å². The lowest BCUT2D eigenvalue weighted by atomic mass is 9.92. The highest BCUT2D eigenvalue weighted by Gasteiger charge is 2.43. The van der Waals surface area contributed by atoms with E-state index in [0.717, 1.165) is 23.5 Å². The molecule has 0 aromatic carbocycles. The van der Waals surface area contributed by atoms with Gasteiger partial charge in [-0.05, 0) is 11.4 Å². The SMILES string of the molecule is [C-]#[N+]C1(c2nc(-c3cccs3)cs2)CCOCC1. The predicted octanol–water partition coefficient (Wildman–Crippen LogP) is 3.80. The second kappa shape index (κ2) is 4.81. The van der Waals surface area contributed by atoms with Gasteiger partial charge in [-0.15, -0.1) is 22.7 Å². The molecule has 2 aromatic heterocycles. The van der Waals surface area contributed by atoms with Gasteiger partial charge < -0.3 is 9.58 Å². The lowest BCUT2D eigenvalue weighted by Crippen LogP contribution is -2.30. The van der Waals surface area contributed by atoms with Crippen molar-refractivity contribution in [3.05, 3.63) is 39.3 Å². The number of rotatable bonds is 2. The van der Waals surface area contributed by atoms with Crippen LogP contribution in [0.4, 0.5) is 0 Å². The van der Waals surface area contributed by atoms with Gasteiger partial charge in [0, 0.05) is 5.38 Å². The minimum absolute atomic E-state index is 0.446. The summed E-state index contributed by atoms with van der Waals surface area (Å²) >= 11 is 3.29. The highest BCUT2D eigenvalue weighted by Crippen LogP contribution is 2.39. The zero-order valence-corrected chi connectivity index (χ0v) is 11.4. The zero-order chi connectivity index (χ0) is 12.4. The fraction of sp³-hybridized carbons (Fsp3) is 0.385. The molecule has 0 amide bonds. The predicted molar refractivity (Wildman–Crippen MR) is 73.8 cm³/mol. The molecular formula is C13H12N2OS2. The third kappa shape index (κ3) is 1.97. The van der Waals surface area contributed by atoms with Crippen molar-refractivity contribution in [3.8, 4) is 10.6 Å². The van der Waals surface area contributed by atoms with E-state index >= 15 is 0 Å². The molecule has 0 saturated carbocycles. The molecule has 3 nitrogen and oxygen atoms in total. The second-order valence-corrected chi connectivity index (χ2v) is 6.08. The summed E-state index contributed by atoms with van der Waals surface area (Å²) in [6.45, 7) is 8.83. The third-order valence-electron chi connectivity index (χ3n) is 3.21. The van der Waals surface area contributed by atoms with E-state index in [4.69, 9.17) is 11.3 Å². The monoisotopic (exact) mass is 276 g/mol. The summed E-state index contributed by atoms with van der Waals surface area (Å²) in [4.78, 5) is 9.72. The van der Waals surface area contributed by atoms with Gasteiger partial charge in [0.25, 0.3) is 5.54 Å². The van der Waals surface area contributed by atoms with Gasteiger partial charge in [-0.2, -0.15) is 0 Å². The Kier molecular flexibility index (Phi) is 3.16. The summed E-state index contributed by atoms with van der Waals surface area (Å²) in [7, 11) is 0. The first-order valence-corrected chi connectivity index (χ1v) is 7.56. The fourth-order valence-corrected chi connectivity index (χ4v) is 3.89. The number of aromatic nitrogens is 1. The first-order valence-electron chi connectivity index (χ1n) is 5.80. The number of nitrogens with zero attached hydrogens (tertiary/aromatic N) is 2. The molecule has 0 atom stereocenters. The van der Waals surface area contributed by atoms with Crippen LogP contribution in [0.25, 0.3) is 15.4 Å². The van der Waals surface area contributed by atoms with Crippen molar-refractivity contribution in [2.24, 2.45) is 0 Å². The molecule has 0 unspecified atom stereocenters. The molecule has 1 aliphatic heterocycles. The molecule has 2 aromatic rings. The zero-order valence-electron chi connectivity index (χ0n) is 9.76. The van der Waals surface area contributed by atoms with E-state index in [2.05, 4.69) is 21.3 Å². The third-order valence-corrected chi connectivity index (χ3v) is 5.14. The van der Waals surface area contributed by atoms with Crippen LogP contribution in [-0.2, 0) is 10.3 Å². The van der Waals surface area contributed by atoms with Crippen molar-refractivity contribution in [3.63, 3.8) is 0 Å². The van der Waals surface area contributed by atoms with Gasteiger partial charge >= 0.3 is 0 Å². The molecule has 0 aliphatic carbocycles. The van der Waals surface area contributed by atoms with Gasteiger partial charge in [-0.1, -0.05) is 6.07 Å². The second-order valence-electron chi connectivity index (χ2n) is 4.27. The molecule has 0 N–H and O–H groups in total. The Hall–Kier alpha value is -1.22. The Bertz CT molecular complexity index is 562. The lowest BCUT2D eigenvalue weighted by molar-refractivity contribution is 0.0646. The van der Waals surface area contributed by atoms with Gasteiger partial charge in [-0.25, -0.2) is 11.6 Å². The van der Waals surface area contributed by atoms with Crippen molar-refractivity contribution in [2.45, 2.75) is 18.4 Å². The average molecular weight is 276 g/mol. The van der Waals surface area contributed by atoms with Crippen molar-refractivity contribution < 1.29 is 4.74 Å². The van der Waals surface area contributed by atoms with Gasteiger partial charge in [0.15, 0.2) is 5.01 Å². The molecule has 1 fully saturated rings. The van der Waals surface area contributed by atoms with E-state index < -0.39 is 5.54 Å². The minimum atomic E-state index is -0.446. The van der Waals surface area contributed by atoms with E-state index in [-0.39, 0.29) is 0 Å². The maximum Gasteiger partial charge on any atom is 0.287 e. The summed E-state index contributed by atoms with van der Waals surface area (Å²) in [6.07, 6.45) is 1.52. The molecule has 92 valence electrons. The smallest absolute Gasteiger partial charge is 0.287 e. The van der Waals surface area contributed by atoms with Gasteiger partial charge in [0.05, 0.1) is 36.6 Å². The number of hydrogen-bond donors (Lipinski definition) is 0. The van der Waals surface area contributed by atoms with Crippen LogP contribution in [0.5, 0.6) is 0 Å². The molecule has 3 heterocycles. The number of ether oxygens (including phenoxy) is 1. The van der Waals surface area contributed by atoms with E-state index in [9.17, 15) is 0 Å². The van der Waals surface area contributed by atoms with Crippen LogP contribution in [0.1, 0.15) is 17.8 Å². The number of thiophene rings is 1. The molecule has 3 rings (SSSR count). The van der Waals surface area contributed by atoms with Gasteiger partial charge in [0.1, 0.15) is 0 Å². The Morgan fingerprint density at radius 3 is 2.83 bits per heavy atom. The molecular weight excluding hydrogens is 264 g/mol. The van der Waals surface area contributed by atoms with Crippen molar-refractivity contribution in [1.29, 1.82) is 0 Å².